The molecule has 0 saturated heterocycles. The van der Waals surface area contributed by atoms with E-state index in [1.807, 2.05) is 0 Å². The van der Waals surface area contributed by atoms with E-state index >= 15 is 0 Å². The Balaban J connectivity index is 2.31. The predicted molar refractivity (Wildman–Crippen MR) is 118 cm³/mol. The third kappa shape index (κ3) is 4.36. The zero-order valence-corrected chi connectivity index (χ0v) is 17.3. The van der Waals surface area contributed by atoms with Gasteiger partial charge in [-0.2, -0.15) is 0 Å². The maximum atomic E-state index is 5.12. The second-order valence-electron chi connectivity index (χ2n) is 7.97. The molecule has 0 fully saturated rings. The van der Waals surface area contributed by atoms with E-state index in [4.69, 9.17) is 4.98 Å². The number of hydrogen-bond acceptors (Lipinski definition) is 1. The number of hydrogen-bond donors (Lipinski definition) is 0. The average Bonchev–Trinajstić information content (AvgIpc) is 2.62. The second-order valence-corrected chi connectivity index (χ2v) is 7.97. The summed E-state index contributed by atoms with van der Waals surface area (Å²) < 4.78 is 0. The highest BCUT2D eigenvalue weighted by Crippen LogP contribution is 2.34. The van der Waals surface area contributed by atoms with Crippen molar-refractivity contribution in [3.05, 3.63) is 82.4 Å². The number of benzene rings is 2. The smallest absolute Gasteiger partial charge is 0.0784 e. The van der Waals surface area contributed by atoms with Gasteiger partial charge in [0.1, 0.15) is 0 Å². The maximum Gasteiger partial charge on any atom is 0.0784 e. The van der Waals surface area contributed by atoms with Crippen molar-refractivity contribution < 1.29 is 0 Å². The molecule has 0 aliphatic rings. The lowest BCUT2D eigenvalue weighted by molar-refractivity contribution is 0.861. The Morgan fingerprint density at radius 1 is 0.815 bits per heavy atom. The molecule has 0 spiro atoms. The highest BCUT2D eigenvalue weighted by atomic mass is 14.7. The molecule has 1 nitrogen and oxygen atoms in total. The lowest BCUT2D eigenvalue weighted by atomic mass is 9.90. The largest absolute Gasteiger partial charge is 0.247 e. The minimum absolute atomic E-state index is 0.423. The summed E-state index contributed by atoms with van der Waals surface area (Å²) in [6.07, 6.45) is 2.27. The summed E-state index contributed by atoms with van der Waals surface area (Å²) in [6.45, 7) is 13.1. The van der Waals surface area contributed by atoms with Gasteiger partial charge in [0, 0.05) is 16.7 Å². The summed E-state index contributed by atoms with van der Waals surface area (Å²) in [7, 11) is 0. The zero-order chi connectivity index (χ0) is 19.6. The molecule has 3 aromatic rings. The van der Waals surface area contributed by atoms with E-state index in [-0.39, 0.29) is 0 Å². The van der Waals surface area contributed by atoms with Crippen molar-refractivity contribution in [3.63, 3.8) is 0 Å². The first-order valence-corrected chi connectivity index (χ1v) is 9.69. The van der Waals surface area contributed by atoms with Crippen LogP contribution in [0.3, 0.4) is 0 Å². The quantitative estimate of drug-likeness (QED) is 0.470. The Bertz CT molecular complexity index is 954. The number of aromatic nitrogens is 1. The molecule has 2 aromatic carbocycles. The molecular weight excluding hydrogens is 326 g/mol. The number of allylic oxidation sites excluding steroid dienone is 1. The molecule has 0 radical (unpaired) electrons. The van der Waals surface area contributed by atoms with Crippen molar-refractivity contribution in [3.8, 4) is 22.5 Å². The molecule has 1 heteroatoms. The van der Waals surface area contributed by atoms with E-state index in [1.54, 1.807) is 0 Å². The number of pyridine rings is 1. The van der Waals surface area contributed by atoms with E-state index in [1.165, 1.54) is 39.0 Å². The fraction of sp³-hybridized carbons (Fsp3) is 0.269. The van der Waals surface area contributed by atoms with E-state index < -0.39 is 0 Å². The Morgan fingerprint density at radius 3 is 1.81 bits per heavy atom. The van der Waals surface area contributed by atoms with Gasteiger partial charge in [0.05, 0.1) is 11.4 Å². The molecule has 0 unspecified atom stereocenters. The molecule has 138 valence electrons. The summed E-state index contributed by atoms with van der Waals surface area (Å²) >= 11 is 0. The van der Waals surface area contributed by atoms with Gasteiger partial charge in [0.25, 0.3) is 0 Å². The molecule has 0 aliphatic heterocycles. The van der Waals surface area contributed by atoms with Crippen LogP contribution in [0.15, 0.2) is 60.2 Å². The minimum Gasteiger partial charge on any atom is -0.247 e. The third-order valence-electron chi connectivity index (χ3n) is 4.82. The normalized spacial score (nSPS) is 10.9. The topological polar surface area (TPSA) is 12.9 Å². The summed E-state index contributed by atoms with van der Waals surface area (Å²) in [5.41, 5.74) is 10.8. The van der Waals surface area contributed by atoms with Gasteiger partial charge in [-0.3, -0.25) is 0 Å². The summed E-state index contributed by atoms with van der Waals surface area (Å²) in [5.74, 6) is 0.423. The molecule has 1 heterocycles. The monoisotopic (exact) mass is 355 g/mol. The molecule has 0 aliphatic carbocycles. The summed E-state index contributed by atoms with van der Waals surface area (Å²) in [5, 5.41) is 0. The predicted octanol–water partition coefficient (Wildman–Crippen LogP) is 7.58. The van der Waals surface area contributed by atoms with Crippen LogP contribution in [0.4, 0.5) is 0 Å². The third-order valence-corrected chi connectivity index (χ3v) is 4.82. The lowest BCUT2D eigenvalue weighted by Crippen LogP contribution is -2.01. The van der Waals surface area contributed by atoms with Crippen LogP contribution in [0.1, 0.15) is 55.9 Å². The number of aryl methyl sites for hydroxylation is 2. The first-order valence-electron chi connectivity index (χ1n) is 9.69. The molecular formula is C26H29N. The van der Waals surface area contributed by atoms with Crippen LogP contribution >= 0.6 is 0 Å². The molecule has 27 heavy (non-hydrogen) atoms. The fourth-order valence-electron chi connectivity index (χ4n) is 3.30. The standard InChI is InChI=1S/C26H29N/c1-17(2)15-24-23(18(3)4)16-25(21-11-7-19(5)8-12-21)27-26(24)22-13-9-20(6)10-14-22/h7-16,18H,1-6H3. The van der Waals surface area contributed by atoms with Crippen molar-refractivity contribution in [2.45, 2.75) is 47.5 Å². The summed E-state index contributed by atoms with van der Waals surface area (Å²) in [4.78, 5) is 5.12. The van der Waals surface area contributed by atoms with Gasteiger partial charge in [0.15, 0.2) is 0 Å². The van der Waals surface area contributed by atoms with Crippen molar-refractivity contribution in [2.24, 2.45) is 0 Å². The zero-order valence-electron chi connectivity index (χ0n) is 17.3. The van der Waals surface area contributed by atoms with Crippen LogP contribution in [0.5, 0.6) is 0 Å². The van der Waals surface area contributed by atoms with Crippen LogP contribution in [0.25, 0.3) is 28.6 Å². The van der Waals surface area contributed by atoms with Gasteiger partial charge in [-0.15, -0.1) is 0 Å². The molecule has 3 rings (SSSR count). The van der Waals surface area contributed by atoms with E-state index in [9.17, 15) is 0 Å². The molecule has 0 atom stereocenters. The minimum atomic E-state index is 0.423. The SMILES string of the molecule is CC(C)=Cc1c(C(C)C)cc(-c2ccc(C)cc2)nc1-c1ccc(C)cc1. The summed E-state index contributed by atoms with van der Waals surface area (Å²) in [6, 6.07) is 19.6. The Morgan fingerprint density at radius 2 is 1.33 bits per heavy atom. The van der Waals surface area contributed by atoms with Crippen LogP contribution in [0, 0.1) is 13.8 Å². The highest BCUT2D eigenvalue weighted by Gasteiger charge is 2.16. The van der Waals surface area contributed by atoms with Crippen molar-refractivity contribution >= 4 is 6.08 Å². The molecule has 1 aromatic heterocycles. The maximum absolute atomic E-state index is 5.12. The van der Waals surface area contributed by atoms with Gasteiger partial charge in [0.2, 0.25) is 0 Å². The molecule has 0 amide bonds. The van der Waals surface area contributed by atoms with Gasteiger partial charge in [-0.25, -0.2) is 4.98 Å². The van der Waals surface area contributed by atoms with Gasteiger partial charge >= 0.3 is 0 Å². The first kappa shape index (κ1) is 19.1. The van der Waals surface area contributed by atoms with Gasteiger partial charge in [-0.05, 0) is 45.2 Å². The molecule has 0 N–H and O–H groups in total. The second kappa shape index (κ2) is 7.92. The first-order chi connectivity index (χ1) is 12.8. The lowest BCUT2D eigenvalue weighted by Gasteiger charge is -2.18. The van der Waals surface area contributed by atoms with E-state index in [2.05, 4.69) is 102 Å². The Labute approximate surface area is 163 Å². The van der Waals surface area contributed by atoms with Gasteiger partial charge < -0.3 is 0 Å². The fourth-order valence-corrected chi connectivity index (χ4v) is 3.30. The van der Waals surface area contributed by atoms with E-state index in [0.29, 0.717) is 5.92 Å². The van der Waals surface area contributed by atoms with Crippen molar-refractivity contribution in [2.75, 3.05) is 0 Å². The van der Waals surface area contributed by atoms with Crippen LogP contribution in [-0.4, -0.2) is 4.98 Å². The van der Waals surface area contributed by atoms with Crippen molar-refractivity contribution in [1.82, 2.24) is 4.98 Å². The van der Waals surface area contributed by atoms with Gasteiger partial charge in [-0.1, -0.05) is 85.2 Å². The molecule has 0 bridgehead atoms. The van der Waals surface area contributed by atoms with E-state index in [0.717, 1.165) is 11.4 Å². The average molecular weight is 356 g/mol. The van der Waals surface area contributed by atoms with Crippen molar-refractivity contribution in [1.29, 1.82) is 0 Å². The molecule has 0 saturated carbocycles. The van der Waals surface area contributed by atoms with Crippen LogP contribution < -0.4 is 0 Å². The van der Waals surface area contributed by atoms with Crippen LogP contribution in [0.2, 0.25) is 0 Å². The number of nitrogens with zero attached hydrogens (tertiary/aromatic N) is 1. The Hall–Kier alpha value is -2.67. The highest BCUT2D eigenvalue weighted by molar-refractivity contribution is 5.78. The Kier molecular flexibility index (Phi) is 5.60. The van der Waals surface area contributed by atoms with Crippen LogP contribution in [-0.2, 0) is 0 Å². The number of rotatable bonds is 4.